The minimum Gasteiger partial charge on any atom is -0.453 e. The van der Waals surface area contributed by atoms with Crippen molar-refractivity contribution in [3.05, 3.63) is 36.0 Å². The molecule has 0 aliphatic rings. The number of fused-ring (bicyclic) bond motifs is 1. The number of Topliss-reactive ketones (excluding diaryl/α,β-unsaturated/α-hetero) is 1. The highest BCUT2D eigenvalue weighted by molar-refractivity contribution is 5.95. The second kappa shape index (κ2) is 4.18. The summed E-state index contributed by atoms with van der Waals surface area (Å²) in [5.41, 5.74) is 1.24. The third kappa shape index (κ3) is 2.11. The van der Waals surface area contributed by atoms with Crippen molar-refractivity contribution in [2.45, 2.75) is 6.92 Å². The van der Waals surface area contributed by atoms with Gasteiger partial charge in [-0.2, -0.15) is 0 Å². The topological polar surface area (TPSA) is 59.2 Å². The van der Waals surface area contributed by atoms with Crippen LogP contribution in [0.25, 0.3) is 10.9 Å². The molecule has 0 atom stereocenters. The van der Waals surface area contributed by atoms with Crippen molar-refractivity contribution >= 4 is 22.7 Å². The molecular formula is C12H11NO3. The van der Waals surface area contributed by atoms with Crippen LogP contribution < -0.4 is 0 Å². The van der Waals surface area contributed by atoms with Gasteiger partial charge < -0.3 is 9.72 Å². The van der Waals surface area contributed by atoms with Crippen LogP contribution in [0.1, 0.15) is 17.4 Å². The van der Waals surface area contributed by atoms with Crippen molar-refractivity contribution in [1.82, 2.24) is 4.98 Å². The Bertz CT molecular complexity index is 509. The van der Waals surface area contributed by atoms with E-state index < -0.39 is 5.97 Å². The van der Waals surface area contributed by atoms with Crippen molar-refractivity contribution < 1.29 is 14.3 Å². The number of ketones is 1. The fraction of sp³-hybridized carbons (Fsp3) is 0.167. The Morgan fingerprint density at radius 1 is 1.31 bits per heavy atom. The Kier molecular flexibility index (Phi) is 2.72. The minimum atomic E-state index is -0.508. The molecule has 82 valence electrons. The number of nitrogens with one attached hydrogen (secondary N) is 1. The predicted octanol–water partition coefficient (Wildman–Crippen LogP) is 1.91. The van der Waals surface area contributed by atoms with Gasteiger partial charge in [-0.3, -0.25) is 4.79 Å². The number of hydrogen-bond acceptors (Lipinski definition) is 3. The average Bonchev–Trinajstić information content (AvgIpc) is 2.69. The van der Waals surface area contributed by atoms with Crippen LogP contribution in [0.4, 0.5) is 0 Å². The number of H-pyrrole nitrogens is 1. The molecule has 0 saturated heterocycles. The van der Waals surface area contributed by atoms with E-state index in [2.05, 4.69) is 4.98 Å². The molecule has 0 fully saturated rings. The van der Waals surface area contributed by atoms with Gasteiger partial charge in [0.1, 0.15) is 12.3 Å². The molecule has 16 heavy (non-hydrogen) atoms. The number of carbonyl (C=O) groups excluding carboxylic acids is 2. The maximum Gasteiger partial charge on any atom is 0.355 e. The number of aromatic nitrogens is 1. The molecule has 0 aliphatic carbocycles. The standard InChI is InChI=1S/C12H11NO3/c1-8(14)7-16-12(15)11-6-9-4-2-3-5-10(9)13-11/h2-6,13H,7H2,1H3. The summed E-state index contributed by atoms with van der Waals surface area (Å²) in [6.45, 7) is 1.19. The van der Waals surface area contributed by atoms with E-state index in [1.807, 2.05) is 24.3 Å². The molecule has 4 nitrogen and oxygen atoms in total. The fourth-order valence-corrected chi connectivity index (χ4v) is 1.43. The van der Waals surface area contributed by atoms with Crippen molar-refractivity contribution in [3.8, 4) is 0 Å². The van der Waals surface area contributed by atoms with Crippen LogP contribution >= 0.6 is 0 Å². The first-order valence-corrected chi connectivity index (χ1v) is 4.91. The fourth-order valence-electron chi connectivity index (χ4n) is 1.43. The van der Waals surface area contributed by atoms with E-state index in [0.717, 1.165) is 10.9 Å². The van der Waals surface area contributed by atoms with Crippen molar-refractivity contribution in [1.29, 1.82) is 0 Å². The molecule has 2 rings (SSSR count). The molecule has 2 aromatic rings. The summed E-state index contributed by atoms with van der Waals surface area (Å²) < 4.78 is 4.80. The van der Waals surface area contributed by atoms with Gasteiger partial charge in [-0.1, -0.05) is 18.2 Å². The summed E-state index contributed by atoms with van der Waals surface area (Å²) in [5, 5.41) is 0.942. The summed E-state index contributed by atoms with van der Waals surface area (Å²) >= 11 is 0. The highest BCUT2D eigenvalue weighted by atomic mass is 16.5. The van der Waals surface area contributed by atoms with Crippen LogP contribution in [0.5, 0.6) is 0 Å². The lowest BCUT2D eigenvalue weighted by molar-refractivity contribution is -0.120. The summed E-state index contributed by atoms with van der Waals surface area (Å²) in [6.07, 6.45) is 0. The average molecular weight is 217 g/mol. The normalized spacial score (nSPS) is 10.3. The van der Waals surface area contributed by atoms with Gasteiger partial charge in [-0.15, -0.1) is 0 Å². The first kappa shape index (κ1) is 10.4. The Labute approximate surface area is 92.2 Å². The molecule has 0 bridgehead atoms. The van der Waals surface area contributed by atoms with Gasteiger partial charge in [-0.25, -0.2) is 4.79 Å². The van der Waals surface area contributed by atoms with Crippen molar-refractivity contribution in [2.75, 3.05) is 6.61 Å². The molecule has 1 heterocycles. The van der Waals surface area contributed by atoms with Crippen molar-refractivity contribution in [3.63, 3.8) is 0 Å². The first-order valence-electron chi connectivity index (χ1n) is 4.91. The number of ether oxygens (including phenoxy) is 1. The third-order valence-electron chi connectivity index (χ3n) is 2.16. The third-order valence-corrected chi connectivity index (χ3v) is 2.16. The highest BCUT2D eigenvalue weighted by Gasteiger charge is 2.11. The van der Waals surface area contributed by atoms with Crippen LogP contribution in [0.2, 0.25) is 0 Å². The second-order valence-electron chi connectivity index (χ2n) is 3.55. The van der Waals surface area contributed by atoms with Crippen LogP contribution in [-0.4, -0.2) is 23.3 Å². The van der Waals surface area contributed by atoms with Gasteiger partial charge in [0, 0.05) is 10.9 Å². The van der Waals surface area contributed by atoms with Gasteiger partial charge in [0.2, 0.25) is 0 Å². The predicted molar refractivity (Wildman–Crippen MR) is 59.3 cm³/mol. The summed E-state index contributed by atoms with van der Waals surface area (Å²) in [4.78, 5) is 25.1. The summed E-state index contributed by atoms with van der Waals surface area (Å²) in [7, 11) is 0. The Morgan fingerprint density at radius 3 is 2.75 bits per heavy atom. The van der Waals surface area contributed by atoms with Gasteiger partial charge in [0.25, 0.3) is 0 Å². The van der Waals surface area contributed by atoms with E-state index in [9.17, 15) is 9.59 Å². The molecule has 1 aromatic heterocycles. The largest absolute Gasteiger partial charge is 0.453 e. The number of para-hydroxylation sites is 1. The van der Waals surface area contributed by atoms with E-state index in [0.29, 0.717) is 5.69 Å². The molecule has 0 amide bonds. The second-order valence-corrected chi connectivity index (χ2v) is 3.55. The highest BCUT2D eigenvalue weighted by Crippen LogP contribution is 2.15. The zero-order valence-corrected chi connectivity index (χ0v) is 8.82. The molecule has 4 heteroatoms. The van der Waals surface area contributed by atoms with Crippen LogP contribution in [0, 0.1) is 0 Å². The minimum absolute atomic E-state index is 0.176. The van der Waals surface area contributed by atoms with Gasteiger partial charge in [0.05, 0.1) is 0 Å². The van der Waals surface area contributed by atoms with Gasteiger partial charge in [-0.05, 0) is 19.1 Å². The molecule has 0 radical (unpaired) electrons. The van der Waals surface area contributed by atoms with Gasteiger partial charge >= 0.3 is 5.97 Å². The Balaban J connectivity index is 2.20. The molecule has 0 saturated carbocycles. The summed E-state index contributed by atoms with van der Waals surface area (Å²) in [6, 6.07) is 9.24. The molecular weight excluding hydrogens is 206 g/mol. The Morgan fingerprint density at radius 2 is 2.06 bits per heavy atom. The number of esters is 1. The lowest BCUT2D eigenvalue weighted by Crippen LogP contribution is -2.11. The number of rotatable bonds is 3. The van der Waals surface area contributed by atoms with E-state index in [1.54, 1.807) is 6.07 Å². The number of hydrogen-bond donors (Lipinski definition) is 1. The number of aromatic amines is 1. The maximum absolute atomic E-state index is 11.5. The quantitative estimate of drug-likeness (QED) is 0.799. The number of benzene rings is 1. The lowest BCUT2D eigenvalue weighted by atomic mass is 10.2. The monoisotopic (exact) mass is 217 g/mol. The van der Waals surface area contributed by atoms with Crippen LogP contribution in [0.3, 0.4) is 0 Å². The van der Waals surface area contributed by atoms with Crippen molar-refractivity contribution in [2.24, 2.45) is 0 Å². The van der Waals surface area contributed by atoms with E-state index >= 15 is 0 Å². The molecule has 1 aromatic carbocycles. The first-order chi connectivity index (χ1) is 7.66. The van der Waals surface area contributed by atoms with Crippen LogP contribution in [-0.2, 0) is 9.53 Å². The smallest absolute Gasteiger partial charge is 0.355 e. The molecule has 0 unspecified atom stereocenters. The van der Waals surface area contributed by atoms with Gasteiger partial charge in [0.15, 0.2) is 5.78 Å². The molecule has 0 spiro atoms. The molecule has 1 N–H and O–H groups in total. The zero-order valence-electron chi connectivity index (χ0n) is 8.82. The zero-order chi connectivity index (χ0) is 11.5. The lowest BCUT2D eigenvalue weighted by Gasteiger charge is -1.98. The summed E-state index contributed by atoms with van der Waals surface area (Å²) in [5.74, 6) is -0.684. The van der Waals surface area contributed by atoms with Crippen LogP contribution in [0.15, 0.2) is 30.3 Å². The number of carbonyl (C=O) groups is 2. The Hall–Kier alpha value is -2.10. The van der Waals surface area contributed by atoms with E-state index in [1.165, 1.54) is 6.92 Å². The molecule has 0 aliphatic heterocycles. The van der Waals surface area contributed by atoms with E-state index in [4.69, 9.17) is 4.74 Å². The van der Waals surface area contributed by atoms with E-state index in [-0.39, 0.29) is 12.4 Å². The maximum atomic E-state index is 11.5. The SMILES string of the molecule is CC(=O)COC(=O)c1cc2ccccc2[nH]1.